The number of hydroxylamine groups is 4. The maximum absolute atomic E-state index is 12.7. The van der Waals surface area contributed by atoms with Crippen LogP contribution in [0.5, 0.6) is 0 Å². The average molecular weight is 822 g/mol. The number of rotatable bonds is 2. The van der Waals surface area contributed by atoms with Crippen molar-refractivity contribution in [1.29, 1.82) is 0 Å². The number of likely N-dealkylation sites (N-methyl/N-ethyl adjacent to an activating group) is 2. The molecule has 2 heterocycles. The van der Waals surface area contributed by atoms with Crippen molar-refractivity contribution in [2.24, 2.45) is 0 Å². The van der Waals surface area contributed by atoms with Crippen LogP contribution in [-0.2, 0) is 37.2 Å². The molecule has 2 aromatic rings. The van der Waals surface area contributed by atoms with E-state index in [1.54, 1.807) is 40.8 Å². The summed E-state index contributed by atoms with van der Waals surface area (Å²) in [5.74, 6) is -1.43. The molecule has 0 aromatic heterocycles. The molecular weight excluding hydrogens is 791 g/mol. The Morgan fingerprint density at radius 2 is 1.27 bits per heavy atom. The van der Waals surface area contributed by atoms with Gasteiger partial charge in [-0.15, -0.1) is 0 Å². The van der Waals surface area contributed by atoms with E-state index in [2.05, 4.69) is 53.2 Å². The third-order valence-electron chi connectivity index (χ3n) is 6.52. The first-order valence-corrected chi connectivity index (χ1v) is 17.7. The Kier molecular flexibility index (Phi) is 12.2. The standard InChI is InChI=1S/C14H15BrClNO3.C14H16BrNO3.Cl2O2S/c1-8-5-6-9(15)7-10(8)14(16)11(18)13(2,3)20-17(4)12(14)19;1-8-5-6-9(15)7-10(8)11-12(17)14(2,3)19-16(4)13(11)18;1-5(2,3)4/h5-7H,1-4H3;5-7,17H,1-4H3;. The molecule has 2 amide bonds. The van der Waals surface area contributed by atoms with Crippen LogP contribution in [0.4, 0.5) is 0 Å². The van der Waals surface area contributed by atoms with E-state index in [9.17, 15) is 19.5 Å². The number of carbonyl (C=O) groups excluding carboxylic acids is 3. The fraction of sp³-hybridized carbons (Fsp3) is 0.393. The smallest absolute Gasteiger partial charge is 0.317 e. The van der Waals surface area contributed by atoms with E-state index in [-0.39, 0.29) is 17.2 Å². The van der Waals surface area contributed by atoms with Crippen LogP contribution in [0.25, 0.3) is 5.57 Å². The molecule has 1 saturated heterocycles. The van der Waals surface area contributed by atoms with Gasteiger partial charge in [-0.3, -0.25) is 24.1 Å². The van der Waals surface area contributed by atoms with E-state index in [1.165, 1.54) is 7.05 Å². The minimum absolute atomic E-state index is 0.0446. The second-order valence-corrected chi connectivity index (χ2v) is 16.9. The molecule has 1 unspecified atom stereocenters. The van der Waals surface area contributed by atoms with E-state index in [0.717, 1.165) is 30.2 Å². The van der Waals surface area contributed by atoms with Crippen LogP contribution < -0.4 is 0 Å². The highest BCUT2D eigenvalue weighted by molar-refractivity contribution is 9.10. The second-order valence-electron chi connectivity index (χ2n) is 10.8. The number of halogens is 5. The fourth-order valence-electron chi connectivity index (χ4n) is 4.45. The molecule has 0 radical (unpaired) electrons. The van der Waals surface area contributed by atoms with Crippen molar-refractivity contribution >= 4 is 96.3 Å². The lowest BCUT2D eigenvalue weighted by Gasteiger charge is -2.42. The van der Waals surface area contributed by atoms with Crippen molar-refractivity contribution in [3.63, 3.8) is 0 Å². The maximum atomic E-state index is 12.7. The van der Waals surface area contributed by atoms with Gasteiger partial charge >= 0.3 is 8.26 Å². The van der Waals surface area contributed by atoms with E-state index >= 15 is 0 Å². The van der Waals surface area contributed by atoms with Crippen LogP contribution in [0.2, 0.25) is 0 Å². The number of aryl methyl sites for hydroxylation is 2. The number of hydrogen-bond donors (Lipinski definition) is 1. The zero-order chi connectivity index (χ0) is 34.2. The molecule has 0 saturated carbocycles. The van der Waals surface area contributed by atoms with Gasteiger partial charge in [-0.05, 0) is 88.1 Å². The Bertz CT molecular complexity index is 1620. The highest BCUT2D eigenvalue weighted by Gasteiger charge is 2.59. The van der Waals surface area contributed by atoms with Crippen molar-refractivity contribution in [2.45, 2.75) is 57.6 Å². The van der Waals surface area contributed by atoms with Crippen LogP contribution in [0, 0.1) is 13.8 Å². The summed E-state index contributed by atoms with van der Waals surface area (Å²) in [5.41, 5.74) is 1.08. The predicted molar refractivity (Wildman–Crippen MR) is 176 cm³/mol. The predicted octanol–water partition coefficient (Wildman–Crippen LogP) is 6.86. The van der Waals surface area contributed by atoms with Gasteiger partial charge in [0.2, 0.25) is 10.7 Å². The lowest BCUT2D eigenvalue weighted by molar-refractivity contribution is -0.236. The number of benzene rings is 2. The zero-order valence-corrected chi connectivity index (χ0v) is 31.2. The summed E-state index contributed by atoms with van der Waals surface area (Å²) < 4.78 is 19.9. The fourth-order valence-corrected chi connectivity index (χ4v) is 5.72. The lowest BCUT2D eigenvalue weighted by Crippen LogP contribution is -2.62. The molecule has 0 spiro atoms. The van der Waals surface area contributed by atoms with Crippen molar-refractivity contribution in [2.75, 3.05) is 14.1 Å². The molecule has 1 atom stereocenters. The van der Waals surface area contributed by atoms with Gasteiger partial charge in [0, 0.05) is 44.4 Å². The summed E-state index contributed by atoms with van der Waals surface area (Å²) in [6.45, 7) is 10.4. The van der Waals surface area contributed by atoms with Crippen LogP contribution in [0.15, 0.2) is 51.1 Å². The van der Waals surface area contributed by atoms with Gasteiger partial charge in [0.15, 0.2) is 5.60 Å². The number of carbonyl (C=O) groups is 3. The molecule has 2 aliphatic heterocycles. The first-order valence-electron chi connectivity index (χ1n) is 12.6. The molecular formula is C28H31Br2Cl3N2O8S. The summed E-state index contributed by atoms with van der Waals surface area (Å²) in [6.07, 6.45) is 0. The van der Waals surface area contributed by atoms with Gasteiger partial charge in [0.1, 0.15) is 11.4 Å². The van der Waals surface area contributed by atoms with Gasteiger partial charge in [0.25, 0.3) is 11.8 Å². The molecule has 2 aliphatic rings. The molecule has 16 heteroatoms. The van der Waals surface area contributed by atoms with Crippen LogP contribution in [-0.4, -0.2) is 66.5 Å². The molecule has 0 aliphatic carbocycles. The van der Waals surface area contributed by atoms with Crippen LogP contribution in [0.3, 0.4) is 0 Å². The molecule has 1 fully saturated rings. The number of ketones is 1. The van der Waals surface area contributed by atoms with E-state index in [4.69, 9.17) is 29.7 Å². The van der Waals surface area contributed by atoms with Gasteiger partial charge in [-0.25, -0.2) is 10.1 Å². The topological polar surface area (TPSA) is 131 Å². The van der Waals surface area contributed by atoms with Crippen LogP contribution in [0.1, 0.15) is 49.9 Å². The second kappa shape index (κ2) is 14.0. The maximum Gasteiger partial charge on any atom is 0.317 e. The highest BCUT2D eigenvalue weighted by Crippen LogP contribution is 2.43. The van der Waals surface area contributed by atoms with Crippen molar-refractivity contribution in [1.82, 2.24) is 10.1 Å². The van der Waals surface area contributed by atoms with Gasteiger partial charge in [-0.1, -0.05) is 55.6 Å². The SMILES string of the molecule is Cc1ccc(Br)cc1C1(Cl)C(=O)N(C)OC(C)(C)C1=O.Cc1ccc(Br)cc1C1=C(O)C(C)(C)ON(C)C1=O.O=S(=O)(Cl)Cl. The number of alkyl halides is 1. The molecule has 1 N–H and O–H groups in total. The van der Waals surface area contributed by atoms with E-state index in [0.29, 0.717) is 11.1 Å². The number of aliphatic hydroxyl groups is 1. The van der Waals surface area contributed by atoms with Crippen molar-refractivity contribution in [3.05, 3.63) is 73.4 Å². The summed E-state index contributed by atoms with van der Waals surface area (Å²) in [5, 5.41) is 12.5. The number of Topliss-reactive ketones (excluding diaryl/α,β-unsaturated/α-hetero) is 1. The molecule has 10 nitrogen and oxygen atoms in total. The Labute approximate surface area is 287 Å². The van der Waals surface area contributed by atoms with Crippen molar-refractivity contribution < 1.29 is 37.6 Å². The summed E-state index contributed by atoms with van der Waals surface area (Å²) in [6, 6.07) is 11.0. The molecule has 242 valence electrons. The summed E-state index contributed by atoms with van der Waals surface area (Å²) in [4.78, 5) is 46.3. The zero-order valence-electron chi connectivity index (χ0n) is 25.0. The molecule has 0 bridgehead atoms. The summed E-state index contributed by atoms with van der Waals surface area (Å²) in [7, 11) is 7.82. The first kappa shape index (κ1) is 38.5. The third-order valence-corrected chi connectivity index (χ3v) is 8.04. The number of aliphatic hydroxyl groups excluding tert-OH is 1. The minimum Gasteiger partial charge on any atom is -0.508 e. The average Bonchev–Trinajstić information content (AvgIpc) is 2.88. The Balaban J connectivity index is 0.000000267. The lowest BCUT2D eigenvalue weighted by atomic mass is 9.82. The minimum atomic E-state index is -3.72. The molecule has 4 rings (SSSR count). The molecule has 2 aromatic carbocycles. The highest BCUT2D eigenvalue weighted by atomic mass is 79.9. The number of amides is 2. The van der Waals surface area contributed by atoms with Gasteiger partial charge < -0.3 is 5.11 Å². The van der Waals surface area contributed by atoms with E-state index in [1.807, 2.05) is 44.2 Å². The summed E-state index contributed by atoms with van der Waals surface area (Å²) >= 11 is 13.2. The monoisotopic (exact) mass is 818 g/mol. The van der Waals surface area contributed by atoms with E-state index < -0.39 is 36.0 Å². The largest absolute Gasteiger partial charge is 0.508 e. The number of hydrogen-bond acceptors (Lipinski definition) is 8. The Hall–Kier alpha value is -1.71. The molecule has 44 heavy (non-hydrogen) atoms. The Morgan fingerprint density at radius 3 is 1.80 bits per heavy atom. The number of nitrogens with zero attached hydrogens (tertiary/aromatic N) is 2. The van der Waals surface area contributed by atoms with Crippen molar-refractivity contribution in [3.8, 4) is 0 Å². The van der Waals surface area contributed by atoms with Crippen LogP contribution >= 0.6 is 64.8 Å². The van der Waals surface area contributed by atoms with Gasteiger partial charge in [-0.2, -0.15) is 8.42 Å². The Morgan fingerprint density at radius 1 is 0.818 bits per heavy atom. The first-order chi connectivity index (χ1) is 19.8. The third kappa shape index (κ3) is 8.75. The quantitative estimate of drug-likeness (QED) is 0.198. The van der Waals surface area contributed by atoms with Gasteiger partial charge in [0.05, 0.1) is 5.57 Å². The normalized spacial score (nSPS) is 21.3.